The van der Waals surface area contributed by atoms with Crippen molar-refractivity contribution in [3.63, 3.8) is 0 Å². The molecule has 15 heteroatoms. The molecule has 2 heterocycles. The molecule has 0 saturated carbocycles. The molecular formula is C21H21N5O8S2. The number of amides is 1. The highest BCUT2D eigenvalue weighted by Crippen LogP contribution is 2.31. The molecule has 1 amide bonds. The number of anilines is 1. The Morgan fingerprint density at radius 2 is 2.06 bits per heavy atom. The van der Waals surface area contributed by atoms with Crippen LogP contribution in [0, 0.1) is 10.1 Å². The first-order valence-corrected chi connectivity index (χ1v) is 12.9. The quantitative estimate of drug-likeness (QED) is 0.256. The number of non-ortho nitro benzene ring substituents is 1. The lowest BCUT2D eigenvalue weighted by Crippen LogP contribution is -2.49. The van der Waals surface area contributed by atoms with Gasteiger partial charge in [0.2, 0.25) is 10.0 Å². The van der Waals surface area contributed by atoms with Crippen molar-refractivity contribution >= 4 is 56.0 Å². The Labute approximate surface area is 209 Å². The number of ether oxygens (including phenoxy) is 2. The molecule has 1 aliphatic rings. The number of hydrogen-bond donors (Lipinski definition) is 1. The fraction of sp³-hybridized carbons (Fsp3) is 0.333. The monoisotopic (exact) mass is 535 g/mol. The Morgan fingerprint density at radius 1 is 1.25 bits per heavy atom. The number of nitrogens with one attached hydrogen (secondary N) is 1. The fourth-order valence-electron chi connectivity index (χ4n) is 3.86. The summed E-state index contributed by atoms with van der Waals surface area (Å²) in [6.07, 6.45) is 1.41. The summed E-state index contributed by atoms with van der Waals surface area (Å²) in [6, 6.07) is 7.15. The lowest BCUT2D eigenvalue weighted by molar-refractivity contribution is -0.384. The van der Waals surface area contributed by atoms with E-state index in [1.807, 2.05) is 0 Å². The molecule has 13 nitrogen and oxygen atoms in total. The van der Waals surface area contributed by atoms with Crippen LogP contribution in [0.2, 0.25) is 0 Å². The van der Waals surface area contributed by atoms with Crippen LogP contribution in [0.5, 0.6) is 5.75 Å². The fourth-order valence-corrected chi connectivity index (χ4v) is 6.26. The van der Waals surface area contributed by atoms with E-state index in [1.54, 1.807) is 12.1 Å². The van der Waals surface area contributed by atoms with E-state index in [-0.39, 0.29) is 40.5 Å². The number of carbonyl (C=O) groups is 2. The number of methoxy groups -OCH3 is 1. The minimum Gasteiger partial charge on any atom is -0.494 e. The van der Waals surface area contributed by atoms with Gasteiger partial charge in [-0.2, -0.15) is 13.1 Å². The molecule has 1 unspecified atom stereocenters. The number of nitro groups is 1. The Balaban J connectivity index is 1.45. The predicted molar refractivity (Wildman–Crippen MR) is 128 cm³/mol. The van der Waals surface area contributed by atoms with Crippen LogP contribution in [0.4, 0.5) is 11.4 Å². The van der Waals surface area contributed by atoms with Crippen LogP contribution in [0.3, 0.4) is 0 Å². The van der Waals surface area contributed by atoms with Crippen LogP contribution in [-0.4, -0.2) is 64.6 Å². The molecule has 1 aliphatic heterocycles. The molecule has 1 aromatic heterocycles. The van der Waals surface area contributed by atoms with E-state index < -0.39 is 39.5 Å². The van der Waals surface area contributed by atoms with Crippen molar-refractivity contribution < 1.29 is 32.4 Å². The summed E-state index contributed by atoms with van der Waals surface area (Å²) in [5, 5.41) is 13.4. The zero-order valence-electron chi connectivity index (χ0n) is 18.9. The van der Waals surface area contributed by atoms with Crippen molar-refractivity contribution in [2.75, 3.05) is 25.6 Å². The number of nitro benzene ring substituents is 1. The van der Waals surface area contributed by atoms with Crippen molar-refractivity contribution in [1.29, 1.82) is 0 Å². The van der Waals surface area contributed by atoms with Crippen LogP contribution in [-0.2, 0) is 24.3 Å². The van der Waals surface area contributed by atoms with E-state index in [9.17, 15) is 28.1 Å². The van der Waals surface area contributed by atoms with E-state index in [0.29, 0.717) is 18.4 Å². The van der Waals surface area contributed by atoms with Crippen molar-refractivity contribution in [2.24, 2.45) is 0 Å². The highest BCUT2D eigenvalue weighted by Gasteiger charge is 2.39. The minimum absolute atomic E-state index is 0.0449. The number of nitrogens with zero attached hydrogens (tertiary/aromatic N) is 4. The highest BCUT2D eigenvalue weighted by molar-refractivity contribution is 7.89. The SMILES string of the molecule is COc1cc([N+](=O)[O-])ccc1NC(=O)COC(=O)C1CCCCN1S(=O)(=O)c1cccc2nsnc12. The Morgan fingerprint density at radius 3 is 2.81 bits per heavy atom. The molecular weight excluding hydrogens is 514 g/mol. The number of hydrogen-bond acceptors (Lipinski definition) is 11. The van der Waals surface area contributed by atoms with Gasteiger partial charge in [-0.15, -0.1) is 0 Å². The maximum absolute atomic E-state index is 13.5. The average Bonchev–Trinajstić information content (AvgIpc) is 3.36. The van der Waals surface area contributed by atoms with Gasteiger partial charge < -0.3 is 14.8 Å². The number of sulfonamides is 1. The zero-order chi connectivity index (χ0) is 25.9. The third-order valence-electron chi connectivity index (χ3n) is 5.58. The second kappa shape index (κ2) is 10.5. The van der Waals surface area contributed by atoms with Crippen LogP contribution in [0.25, 0.3) is 11.0 Å². The number of piperidine rings is 1. The molecule has 3 aromatic rings. The van der Waals surface area contributed by atoms with Gasteiger partial charge in [0, 0.05) is 12.6 Å². The zero-order valence-corrected chi connectivity index (χ0v) is 20.6. The van der Waals surface area contributed by atoms with Gasteiger partial charge in [0.05, 0.1) is 35.5 Å². The van der Waals surface area contributed by atoms with Crippen molar-refractivity contribution in [2.45, 2.75) is 30.2 Å². The lowest BCUT2D eigenvalue weighted by Gasteiger charge is -2.32. The predicted octanol–water partition coefficient (Wildman–Crippen LogP) is 2.33. The normalized spacial score (nSPS) is 16.4. The molecule has 0 radical (unpaired) electrons. The summed E-state index contributed by atoms with van der Waals surface area (Å²) in [5.74, 6) is -1.52. The van der Waals surface area contributed by atoms with E-state index in [2.05, 4.69) is 14.1 Å². The molecule has 0 spiro atoms. The molecule has 4 rings (SSSR count). The average molecular weight is 536 g/mol. The van der Waals surface area contributed by atoms with Gasteiger partial charge >= 0.3 is 5.97 Å². The van der Waals surface area contributed by atoms with Gasteiger partial charge in [-0.05, 0) is 37.5 Å². The second-order valence-corrected chi connectivity index (χ2v) is 10.2. The highest BCUT2D eigenvalue weighted by atomic mass is 32.2. The van der Waals surface area contributed by atoms with Crippen molar-refractivity contribution in [3.05, 3.63) is 46.5 Å². The molecule has 36 heavy (non-hydrogen) atoms. The molecule has 190 valence electrons. The molecule has 1 atom stereocenters. The largest absolute Gasteiger partial charge is 0.494 e. The first-order chi connectivity index (χ1) is 17.2. The molecule has 1 N–H and O–H groups in total. The van der Waals surface area contributed by atoms with E-state index in [0.717, 1.165) is 22.1 Å². The minimum atomic E-state index is -4.10. The van der Waals surface area contributed by atoms with Crippen molar-refractivity contribution in [3.8, 4) is 5.75 Å². The summed E-state index contributed by atoms with van der Waals surface area (Å²) < 4.78 is 46.4. The standard InChI is InChI=1S/C21H21N5O8S2/c1-33-17-11-13(26(29)30)8-9-14(17)22-19(27)12-34-21(28)16-6-2-3-10-25(16)36(31,32)18-7-4-5-15-20(18)24-35-23-15/h4-5,7-9,11,16H,2-3,6,10,12H2,1H3,(H,22,27). The third-order valence-corrected chi connectivity index (χ3v) is 8.06. The number of fused-ring (bicyclic) bond motifs is 1. The first kappa shape index (κ1) is 25.4. The third kappa shape index (κ3) is 5.12. The van der Waals surface area contributed by atoms with Crippen LogP contribution in [0.1, 0.15) is 19.3 Å². The van der Waals surface area contributed by atoms with Gasteiger partial charge in [-0.3, -0.25) is 19.7 Å². The molecule has 0 bridgehead atoms. The maximum Gasteiger partial charge on any atom is 0.324 e. The topological polar surface area (TPSA) is 171 Å². The molecule has 0 aliphatic carbocycles. The lowest BCUT2D eigenvalue weighted by atomic mass is 10.1. The number of aromatic nitrogens is 2. The smallest absolute Gasteiger partial charge is 0.324 e. The Kier molecular flexibility index (Phi) is 7.42. The van der Waals surface area contributed by atoms with Crippen LogP contribution in [0.15, 0.2) is 41.3 Å². The van der Waals surface area contributed by atoms with Gasteiger partial charge in [0.15, 0.2) is 6.61 Å². The van der Waals surface area contributed by atoms with Gasteiger partial charge in [0.25, 0.3) is 11.6 Å². The van der Waals surface area contributed by atoms with Crippen LogP contribution < -0.4 is 10.1 Å². The number of rotatable bonds is 8. The number of carbonyl (C=O) groups excluding carboxylic acids is 2. The van der Waals surface area contributed by atoms with E-state index >= 15 is 0 Å². The van der Waals surface area contributed by atoms with Crippen molar-refractivity contribution in [1.82, 2.24) is 13.1 Å². The first-order valence-electron chi connectivity index (χ1n) is 10.7. The van der Waals surface area contributed by atoms with Crippen LogP contribution >= 0.6 is 11.7 Å². The maximum atomic E-state index is 13.5. The van der Waals surface area contributed by atoms with Gasteiger partial charge in [-0.1, -0.05) is 6.07 Å². The summed E-state index contributed by atoms with van der Waals surface area (Å²) in [4.78, 5) is 35.5. The van der Waals surface area contributed by atoms with E-state index in [1.165, 1.54) is 25.3 Å². The van der Waals surface area contributed by atoms with E-state index in [4.69, 9.17) is 9.47 Å². The summed E-state index contributed by atoms with van der Waals surface area (Å²) in [5.41, 5.74) is 0.599. The summed E-state index contributed by atoms with van der Waals surface area (Å²) in [6.45, 7) is -0.572. The number of benzene rings is 2. The number of esters is 1. The Hall–Kier alpha value is -3.69. The summed E-state index contributed by atoms with van der Waals surface area (Å²) in [7, 11) is -2.81. The van der Waals surface area contributed by atoms with Gasteiger partial charge in [-0.25, -0.2) is 8.42 Å². The molecule has 1 fully saturated rings. The Bertz CT molecular complexity index is 1420. The summed E-state index contributed by atoms with van der Waals surface area (Å²) >= 11 is 0.892. The second-order valence-electron chi connectivity index (χ2n) is 7.81. The van der Waals surface area contributed by atoms with Gasteiger partial charge in [0.1, 0.15) is 27.7 Å². The molecule has 2 aromatic carbocycles. The molecule has 1 saturated heterocycles.